The summed E-state index contributed by atoms with van der Waals surface area (Å²) < 4.78 is 6.32. The third kappa shape index (κ3) is 4.27. The fourth-order valence-corrected chi connectivity index (χ4v) is 8.18. The Morgan fingerprint density at radius 3 is 2.04 bits per heavy atom. The highest BCUT2D eigenvalue weighted by Gasteiger charge is 2.35. The fraction of sp³-hybridized carbons (Fsp3) is 0.0638. The first kappa shape index (κ1) is 27.9. The van der Waals surface area contributed by atoms with Crippen LogP contribution in [0.5, 0.6) is 0 Å². The zero-order valence-corrected chi connectivity index (χ0v) is 27.4. The first-order valence-corrected chi connectivity index (χ1v) is 17.0. The van der Waals surface area contributed by atoms with Crippen molar-refractivity contribution < 1.29 is 4.42 Å². The maximum Gasteiger partial charge on any atom is 0.136 e. The van der Waals surface area contributed by atoms with Gasteiger partial charge in [0.15, 0.2) is 0 Å². The molecule has 0 unspecified atom stereocenters. The van der Waals surface area contributed by atoms with Gasteiger partial charge in [0.2, 0.25) is 0 Å². The zero-order chi connectivity index (χ0) is 32.7. The molecule has 1 aliphatic carbocycles. The van der Waals surface area contributed by atoms with Gasteiger partial charge in [-0.25, -0.2) is 0 Å². The predicted octanol–water partition coefficient (Wildman–Crippen LogP) is 13.3. The molecule has 0 atom stereocenters. The monoisotopic (exact) mass is 627 g/mol. The molecule has 8 aromatic carbocycles. The van der Waals surface area contributed by atoms with Crippen LogP contribution in [0.3, 0.4) is 0 Å². The van der Waals surface area contributed by atoms with Gasteiger partial charge in [0, 0.05) is 33.2 Å². The molecule has 0 aliphatic heterocycles. The number of benzene rings is 8. The van der Waals surface area contributed by atoms with E-state index in [1.807, 2.05) is 12.1 Å². The Labute approximate surface area is 285 Å². The van der Waals surface area contributed by atoms with Crippen LogP contribution in [-0.4, -0.2) is 0 Å². The summed E-state index contributed by atoms with van der Waals surface area (Å²) in [5, 5.41) is 7.13. The predicted molar refractivity (Wildman–Crippen MR) is 206 cm³/mol. The topological polar surface area (TPSA) is 16.4 Å². The average molecular weight is 628 g/mol. The van der Waals surface area contributed by atoms with Gasteiger partial charge in [-0.1, -0.05) is 123 Å². The van der Waals surface area contributed by atoms with Crippen molar-refractivity contribution in [2.75, 3.05) is 4.90 Å². The Morgan fingerprint density at radius 2 is 1.10 bits per heavy atom. The van der Waals surface area contributed by atoms with E-state index in [-0.39, 0.29) is 5.41 Å². The van der Waals surface area contributed by atoms with Crippen molar-refractivity contribution in [2.45, 2.75) is 19.3 Å². The second kappa shape index (κ2) is 10.4. The Kier molecular flexibility index (Phi) is 5.95. The molecule has 1 heterocycles. The van der Waals surface area contributed by atoms with Gasteiger partial charge in [0.1, 0.15) is 11.2 Å². The minimum absolute atomic E-state index is 0.0511. The molecule has 2 nitrogen and oxygen atoms in total. The van der Waals surface area contributed by atoms with Crippen LogP contribution in [0.4, 0.5) is 17.1 Å². The van der Waals surface area contributed by atoms with Crippen molar-refractivity contribution in [3.63, 3.8) is 0 Å². The smallest absolute Gasteiger partial charge is 0.136 e. The maximum absolute atomic E-state index is 6.32. The Bertz CT molecular complexity index is 2760. The normalized spacial score (nSPS) is 13.3. The first-order valence-electron chi connectivity index (χ1n) is 17.0. The number of fused-ring (bicyclic) bond motifs is 8. The van der Waals surface area contributed by atoms with Gasteiger partial charge in [-0.2, -0.15) is 0 Å². The summed E-state index contributed by atoms with van der Waals surface area (Å²) in [4.78, 5) is 2.41. The lowest BCUT2D eigenvalue weighted by molar-refractivity contribution is 0.660. The molecule has 9 aromatic rings. The van der Waals surface area contributed by atoms with Crippen LogP contribution in [0.1, 0.15) is 25.0 Å². The lowest BCUT2D eigenvalue weighted by Gasteiger charge is -2.28. The van der Waals surface area contributed by atoms with Crippen LogP contribution >= 0.6 is 0 Å². The lowest BCUT2D eigenvalue weighted by atomic mass is 9.82. The Balaban J connectivity index is 1.19. The van der Waals surface area contributed by atoms with Gasteiger partial charge in [0.05, 0.1) is 0 Å². The largest absolute Gasteiger partial charge is 0.456 e. The Morgan fingerprint density at radius 1 is 0.408 bits per heavy atom. The van der Waals surface area contributed by atoms with Gasteiger partial charge in [0.25, 0.3) is 0 Å². The second-order valence-corrected chi connectivity index (χ2v) is 13.8. The highest BCUT2D eigenvalue weighted by Crippen LogP contribution is 2.51. The van der Waals surface area contributed by atoms with Gasteiger partial charge in [-0.15, -0.1) is 0 Å². The highest BCUT2D eigenvalue weighted by atomic mass is 16.3. The molecule has 10 rings (SSSR count). The number of para-hydroxylation sites is 1. The summed E-state index contributed by atoms with van der Waals surface area (Å²) in [6.45, 7) is 4.68. The number of furan rings is 1. The van der Waals surface area contributed by atoms with Crippen molar-refractivity contribution in [1.82, 2.24) is 0 Å². The van der Waals surface area contributed by atoms with Gasteiger partial charge in [-0.3, -0.25) is 0 Å². The molecule has 0 bridgehead atoms. The van der Waals surface area contributed by atoms with Crippen molar-refractivity contribution in [1.29, 1.82) is 0 Å². The van der Waals surface area contributed by atoms with E-state index in [0.29, 0.717) is 0 Å². The SMILES string of the molecule is CC1(C)c2ccccc2-c2cc(N(c3cccc(-c4cccc5ccccc45)c3)c3ccc4cc5c(cc4c3)oc3ccccc35)ccc21. The van der Waals surface area contributed by atoms with Crippen LogP contribution in [0.25, 0.3) is 65.7 Å². The zero-order valence-electron chi connectivity index (χ0n) is 27.4. The molecule has 0 saturated heterocycles. The standard InChI is InChI=1S/C47H33NO/c1-47(2)43-19-7-5-16-39(43)41-29-36(23-24-44(41)47)48(34-14-9-13-32(25-34)38-18-10-12-30-11-3-4-15-37(30)38)35-22-21-31-27-42-40-17-6-8-20-45(40)49-46(42)28-33(31)26-35/h3-29H,1-2H3. The van der Waals surface area contributed by atoms with Crippen molar-refractivity contribution in [2.24, 2.45) is 0 Å². The molecule has 0 radical (unpaired) electrons. The van der Waals surface area contributed by atoms with Gasteiger partial charge < -0.3 is 9.32 Å². The summed E-state index contributed by atoms with van der Waals surface area (Å²) >= 11 is 0. The summed E-state index contributed by atoms with van der Waals surface area (Å²) in [6, 6.07) is 59.6. The summed E-state index contributed by atoms with van der Waals surface area (Å²) in [6.07, 6.45) is 0. The highest BCUT2D eigenvalue weighted by molar-refractivity contribution is 6.10. The van der Waals surface area contributed by atoms with Crippen LogP contribution in [0, 0.1) is 0 Å². The quantitative estimate of drug-likeness (QED) is 0.193. The number of hydrogen-bond acceptors (Lipinski definition) is 2. The molecule has 1 aromatic heterocycles. The molecular weight excluding hydrogens is 595 g/mol. The first-order chi connectivity index (χ1) is 24.0. The summed E-state index contributed by atoms with van der Waals surface area (Å²) in [5.41, 5.74) is 12.9. The van der Waals surface area contributed by atoms with Crippen molar-refractivity contribution in [3.05, 3.63) is 175 Å². The number of nitrogens with zero attached hydrogens (tertiary/aromatic N) is 1. The molecule has 0 fully saturated rings. The molecule has 0 amide bonds. The van der Waals surface area contributed by atoms with E-state index in [0.717, 1.165) is 44.4 Å². The van der Waals surface area contributed by atoms with Gasteiger partial charge >= 0.3 is 0 Å². The average Bonchev–Trinajstić information content (AvgIpc) is 3.61. The second-order valence-electron chi connectivity index (χ2n) is 13.8. The van der Waals surface area contributed by atoms with E-state index < -0.39 is 0 Å². The van der Waals surface area contributed by atoms with E-state index in [1.54, 1.807) is 0 Å². The van der Waals surface area contributed by atoms with Crippen LogP contribution in [0.2, 0.25) is 0 Å². The van der Waals surface area contributed by atoms with Crippen LogP contribution < -0.4 is 4.90 Å². The lowest BCUT2D eigenvalue weighted by Crippen LogP contribution is -2.15. The molecule has 49 heavy (non-hydrogen) atoms. The van der Waals surface area contributed by atoms with Gasteiger partial charge in [-0.05, 0) is 110 Å². The number of hydrogen-bond donors (Lipinski definition) is 0. The Hall–Kier alpha value is -6.12. The molecule has 0 spiro atoms. The number of anilines is 3. The molecule has 0 N–H and O–H groups in total. The number of rotatable bonds is 4. The fourth-order valence-electron chi connectivity index (χ4n) is 8.18. The summed E-state index contributed by atoms with van der Waals surface area (Å²) in [7, 11) is 0. The third-order valence-corrected chi connectivity index (χ3v) is 10.6. The van der Waals surface area contributed by atoms with Crippen molar-refractivity contribution >= 4 is 60.5 Å². The van der Waals surface area contributed by atoms with E-state index in [4.69, 9.17) is 4.42 Å². The third-order valence-electron chi connectivity index (χ3n) is 10.6. The van der Waals surface area contributed by atoms with Crippen molar-refractivity contribution in [3.8, 4) is 22.3 Å². The minimum Gasteiger partial charge on any atom is -0.456 e. The molecule has 232 valence electrons. The molecular formula is C47H33NO. The minimum atomic E-state index is -0.0511. The van der Waals surface area contributed by atoms with E-state index in [9.17, 15) is 0 Å². The van der Waals surface area contributed by atoms with E-state index in [2.05, 4.69) is 170 Å². The van der Waals surface area contributed by atoms with Crippen LogP contribution in [-0.2, 0) is 5.41 Å². The molecule has 0 saturated carbocycles. The summed E-state index contributed by atoms with van der Waals surface area (Å²) in [5.74, 6) is 0. The van der Waals surface area contributed by atoms with Crippen LogP contribution in [0.15, 0.2) is 168 Å². The van der Waals surface area contributed by atoms with E-state index >= 15 is 0 Å². The molecule has 2 heteroatoms. The van der Waals surface area contributed by atoms with E-state index in [1.165, 1.54) is 49.5 Å². The molecule has 1 aliphatic rings. The maximum atomic E-state index is 6.32.